The maximum absolute atomic E-state index is 12.0. The number of rotatable bonds is 2. The highest BCUT2D eigenvalue weighted by atomic mass is 16.2. The molecule has 6 heteroatoms. The predicted octanol–water partition coefficient (Wildman–Crippen LogP) is 1.82. The summed E-state index contributed by atoms with van der Waals surface area (Å²) in [5.74, 6) is 0.563. The van der Waals surface area contributed by atoms with Crippen LogP contribution >= 0.6 is 0 Å². The zero-order valence-corrected chi connectivity index (χ0v) is 13.6. The minimum absolute atomic E-state index is 0.387. The number of nitrogens with zero attached hydrogens (tertiary/aromatic N) is 2. The molecular formula is C18H20N4O2. The maximum Gasteiger partial charge on any atom is 0.332 e. The van der Waals surface area contributed by atoms with Gasteiger partial charge in [-0.2, -0.15) is 0 Å². The van der Waals surface area contributed by atoms with E-state index in [4.69, 9.17) is 0 Å². The molecule has 0 radical (unpaired) electrons. The van der Waals surface area contributed by atoms with Gasteiger partial charge in [0.15, 0.2) is 0 Å². The van der Waals surface area contributed by atoms with Gasteiger partial charge < -0.3 is 9.88 Å². The molecule has 0 bridgehead atoms. The lowest BCUT2D eigenvalue weighted by Gasteiger charge is -2.28. The highest BCUT2D eigenvalue weighted by Gasteiger charge is 2.20. The zero-order chi connectivity index (χ0) is 16.7. The van der Waals surface area contributed by atoms with Gasteiger partial charge in [-0.05, 0) is 56.6 Å². The second kappa shape index (κ2) is 5.79. The van der Waals surface area contributed by atoms with E-state index in [-0.39, 0.29) is 5.56 Å². The van der Waals surface area contributed by atoms with E-state index in [1.165, 1.54) is 22.5 Å². The van der Waals surface area contributed by atoms with Crippen molar-refractivity contribution in [2.45, 2.75) is 18.8 Å². The van der Waals surface area contributed by atoms with Crippen LogP contribution in [0, 0.1) is 0 Å². The second-order valence-corrected chi connectivity index (χ2v) is 6.55. The second-order valence-electron chi connectivity index (χ2n) is 6.55. The Morgan fingerprint density at radius 3 is 2.58 bits per heavy atom. The van der Waals surface area contributed by atoms with Gasteiger partial charge >= 0.3 is 5.69 Å². The molecule has 0 aliphatic carbocycles. The molecule has 6 nitrogen and oxygen atoms in total. The topological polar surface area (TPSA) is 73.9 Å². The minimum Gasteiger partial charge on any atom is -0.358 e. The number of aromatic nitrogens is 3. The molecule has 0 unspecified atom stereocenters. The number of likely N-dealkylation sites (tertiary alicyclic amines) is 1. The normalized spacial score (nSPS) is 16.7. The smallest absolute Gasteiger partial charge is 0.332 e. The lowest BCUT2D eigenvalue weighted by Crippen LogP contribution is -2.29. The van der Waals surface area contributed by atoms with Crippen LogP contribution < -0.4 is 11.2 Å². The van der Waals surface area contributed by atoms with E-state index in [0.717, 1.165) is 42.5 Å². The highest BCUT2D eigenvalue weighted by molar-refractivity contribution is 5.82. The number of nitrogens with one attached hydrogen (secondary N) is 2. The summed E-state index contributed by atoms with van der Waals surface area (Å²) in [5, 5.41) is 1.14. The molecule has 1 aliphatic heterocycles. The van der Waals surface area contributed by atoms with Crippen molar-refractivity contribution < 1.29 is 0 Å². The number of fused-ring (bicyclic) bond motifs is 1. The largest absolute Gasteiger partial charge is 0.358 e. The number of benzene rings is 1. The Morgan fingerprint density at radius 1 is 1.04 bits per heavy atom. The molecule has 1 aliphatic rings. The molecule has 4 rings (SSSR count). The quantitative estimate of drug-likeness (QED) is 0.755. The third kappa shape index (κ3) is 2.69. The summed E-state index contributed by atoms with van der Waals surface area (Å²) in [4.78, 5) is 31.3. The van der Waals surface area contributed by atoms with Crippen LogP contribution in [0.4, 0.5) is 0 Å². The first-order valence-electron chi connectivity index (χ1n) is 8.24. The molecule has 3 aromatic rings. The first kappa shape index (κ1) is 15.0. The molecule has 2 aromatic heterocycles. The molecule has 124 valence electrons. The van der Waals surface area contributed by atoms with Gasteiger partial charge in [0.25, 0.3) is 5.56 Å². The van der Waals surface area contributed by atoms with Crippen LogP contribution in [0.25, 0.3) is 16.6 Å². The fraction of sp³-hybridized carbons (Fsp3) is 0.333. The molecule has 2 N–H and O–H groups in total. The number of H-pyrrole nitrogens is 2. The van der Waals surface area contributed by atoms with Gasteiger partial charge in [-0.25, -0.2) is 4.79 Å². The van der Waals surface area contributed by atoms with E-state index in [2.05, 4.69) is 28.0 Å². The lowest BCUT2D eigenvalue weighted by molar-refractivity contribution is 0.254. The van der Waals surface area contributed by atoms with Gasteiger partial charge in [0.2, 0.25) is 0 Å². The van der Waals surface area contributed by atoms with E-state index in [1.807, 2.05) is 18.2 Å². The van der Waals surface area contributed by atoms with Crippen molar-refractivity contribution in [2.75, 3.05) is 20.1 Å². The van der Waals surface area contributed by atoms with E-state index in [1.54, 1.807) is 0 Å². The zero-order valence-electron chi connectivity index (χ0n) is 13.6. The van der Waals surface area contributed by atoms with Crippen LogP contribution in [0.5, 0.6) is 0 Å². The number of hydrogen-bond donors (Lipinski definition) is 2. The third-order valence-electron chi connectivity index (χ3n) is 4.89. The fourth-order valence-electron chi connectivity index (χ4n) is 3.45. The molecule has 0 spiro atoms. The van der Waals surface area contributed by atoms with Gasteiger partial charge in [-0.15, -0.1) is 0 Å². The molecule has 0 amide bonds. The number of hydrogen-bond acceptors (Lipinski definition) is 3. The Kier molecular flexibility index (Phi) is 3.61. The van der Waals surface area contributed by atoms with Crippen molar-refractivity contribution in [3.63, 3.8) is 0 Å². The molecule has 1 saturated heterocycles. The number of aromatic amines is 2. The first-order chi connectivity index (χ1) is 11.6. The average Bonchev–Trinajstić information content (AvgIpc) is 2.98. The molecule has 3 heterocycles. The van der Waals surface area contributed by atoms with Crippen molar-refractivity contribution >= 4 is 10.9 Å². The molecule has 1 fully saturated rings. The van der Waals surface area contributed by atoms with E-state index in [9.17, 15) is 9.59 Å². The van der Waals surface area contributed by atoms with E-state index < -0.39 is 5.69 Å². The highest BCUT2D eigenvalue weighted by Crippen LogP contribution is 2.30. The van der Waals surface area contributed by atoms with Crippen LogP contribution in [0.15, 0.2) is 46.1 Å². The van der Waals surface area contributed by atoms with Gasteiger partial charge in [-0.3, -0.25) is 14.3 Å². The van der Waals surface area contributed by atoms with Gasteiger partial charge in [0.05, 0.1) is 5.69 Å². The standard InChI is InChI=1S/C18H20N4O2/c1-21-7-4-12(5-8-21)15-10-13-2-3-14(11-16(13)19-15)22-9-6-17(23)20-18(22)24/h2-3,6,9-12,19H,4-5,7-8H2,1H3,(H,20,23,24). The summed E-state index contributed by atoms with van der Waals surface area (Å²) in [7, 11) is 2.16. The van der Waals surface area contributed by atoms with Crippen molar-refractivity contribution in [1.82, 2.24) is 19.4 Å². The van der Waals surface area contributed by atoms with Crippen LogP contribution in [-0.2, 0) is 0 Å². The third-order valence-corrected chi connectivity index (χ3v) is 4.89. The van der Waals surface area contributed by atoms with Crippen molar-refractivity contribution in [2.24, 2.45) is 0 Å². The summed E-state index contributed by atoms with van der Waals surface area (Å²) in [6.07, 6.45) is 3.83. The maximum atomic E-state index is 12.0. The SMILES string of the molecule is CN1CCC(c2cc3ccc(-n4ccc(=O)[nH]c4=O)cc3[nH]2)CC1. The van der Waals surface area contributed by atoms with Gasteiger partial charge in [-0.1, -0.05) is 6.07 Å². The molecule has 0 saturated carbocycles. The number of piperidine rings is 1. The van der Waals surface area contributed by atoms with Crippen LogP contribution in [0.1, 0.15) is 24.5 Å². The average molecular weight is 324 g/mol. The summed E-state index contributed by atoms with van der Waals surface area (Å²) >= 11 is 0. The van der Waals surface area contributed by atoms with Crippen molar-refractivity contribution in [3.05, 3.63) is 63.1 Å². The molecule has 1 aromatic carbocycles. The summed E-state index contributed by atoms with van der Waals surface area (Å²) in [5.41, 5.74) is 2.20. The van der Waals surface area contributed by atoms with Crippen molar-refractivity contribution in [1.29, 1.82) is 0 Å². The fourth-order valence-corrected chi connectivity index (χ4v) is 3.45. The van der Waals surface area contributed by atoms with Crippen LogP contribution in [-0.4, -0.2) is 39.6 Å². The predicted molar refractivity (Wildman–Crippen MR) is 94.0 cm³/mol. The van der Waals surface area contributed by atoms with E-state index >= 15 is 0 Å². The van der Waals surface area contributed by atoms with E-state index in [0.29, 0.717) is 5.92 Å². The van der Waals surface area contributed by atoms with Gasteiger partial charge in [0, 0.05) is 29.4 Å². The van der Waals surface area contributed by atoms with Crippen molar-refractivity contribution in [3.8, 4) is 5.69 Å². The van der Waals surface area contributed by atoms with Crippen LogP contribution in [0.3, 0.4) is 0 Å². The lowest BCUT2D eigenvalue weighted by atomic mass is 9.94. The summed E-state index contributed by atoms with van der Waals surface area (Å²) < 4.78 is 1.44. The van der Waals surface area contributed by atoms with Gasteiger partial charge in [0.1, 0.15) is 0 Å². The molecule has 24 heavy (non-hydrogen) atoms. The molecule has 0 atom stereocenters. The Morgan fingerprint density at radius 2 is 1.83 bits per heavy atom. The monoisotopic (exact) mass is 324 g/mol. The Balaban J connectivity index is 1.71. The minimum atomic E-state index is -0.427. The summed E-state index contributed by atoms with van der Waals surface area (Å²) in [6.45, 7) is 2.25. The Labute approximate surface area is 138 Å². The summed E-state index contributed by atoms with van der Waals surface area (Å²) in [6, 6.07) is 9.42. The van der Waals surface area contributed by atoms with Crippen LogP contribution in [0.2, 0.25) is 0 Å². The first-order valence-corrected chi connectivity index (χ1v) is 8.24. The molecular weight excluding hydrogens is 304 g/mol. The Bertz CT molecular complexity index is 990. The Hall–Kier alpha value is -2.60.